The van der Waals surface area contributed by atoms with Gasteiger partial charge in [-0.2, -0.15) is 0 Å². The molecule has 0 unspecified atom stereocenters. The Balaban J connectivity index is 2.00. The van der Waals surface area contributed by atoms with Crippen LogP contribution in [0.2, 0.25) is 0 Å². The molecule has 10 heteroatoms. The molecule has 39 heavy (non-hydrogen) atoms. The topological polar surface area (TPSA) is 96.0 Å². The Bertz CT molecular complexity index is 1370. The minimum atomic E-state index is -4.11. The summed E-state index contributed by atoms with van der Waals surface area (Å²) in [5.41, 5.74) is 1.09. The van der Waals surface area contributed by atoms with Crippen LogP contribution in [0.3, 0.4) is 0 Å². The number of carbonyl (C=O) groups excluding carboxylic acids is 2. The molecule has 8 nitrogen and oxygen atoms in total. The van der Waals surface area contributed by atoms with E-state index in [9.17, 15) is 18.0 Å². The van der Waals surface area contributed by atoms with Crippen LogP contribution in [0.4, 0.5) is 5.69 Å². The van der Waals surface area contributed by atoms with Crippen LogP contribution in [0, 0.1) is 5.92 Å². The summed E-state index contributed by atoms with van der Waals surface area (Å²) in [6.07, 6.45) is 0. The predicted octanol–water partition coefficient (Wildman–Crippen LogP) is 4.84. The average Bonchev–Trinajstić information content (AvgIpc) is 2.93. The molecule has 1 N–H and O–H groups in total. The van der Waals surface area contributed by atoms with E-state index in [2.05, 4.69) is 21.2 Å². The maximum Gasteiger partial charge on any atom is 0.264 e. The molecule has 0 spiro atoms. The SMILES string of the molecule is COc1ccc(N(CC(=O)N(Cc2cccc(Br)c2)[C@H](C)C(=O)NCC(C)C)S(=O)(=O)c2ccccc2)cc1. The third kappa shape index (κ3) is 8.06. The van der Waals surface area contributed by atoms with Gasteiger partial charge >= 0.3 is 0 Å². The van der Waals surface area contributed by atoms with Crippen molar-refractivity contribution in [2.24, 2.45) is 5.92 Å². The molecule has 2 amide bonds. The van der Waals surface area contributed by atoms with E-state index in [1.165, 1.54) is 24.1 Å². The molecule has 0 fully saturated rings. The summed E-state index contributed by atoms with van der Waals surface area (Å²) < 4.78 is 34.7. The van der Waals surface area contributed by atoms with E-state index >= 15 is 0 Å². The van der Waals surface area contributed by atoms with Crippen LogP contribution in [0.1, 0.15) is 26.3 Å². The van der Waals surface area contributed by atoms with Crippen molar-refractivity contribution in [3.63, 3.8) is 0 Å². The molecular weight excluding hydrogens is 582 g/mol. The van der Waals surface area contributed by atoms with E-state index in [1.54, 1.807) is 49.4 Å². The van der Waals surface area contributed by atoms with Crippen LogP contribution in [0.5, 0.6) is 5.75 Å². The first-order valence-electron chi connectivity index (χ1n) is 12.6. The number of sulfonamides is 1. The van der Waals surface area contributed by atoms with Crippen LogP contribution in [-0.4, -0.2) is 51.4 Å². The molecule has 0 heterocycles. The zero-order chi connectivity index (χ0) is 28.6. The number of nitrogens with zero attached hydrogens (tertiary/aromatic N) is 2. The lowest BCUT2D eigenvalue weighted by Crippen LogP contribution is -2.51. The minimum absolute atomic E-state index is 0.0508. The number of rotatable bonds is 12. The first-order valence-corrected chi connectivity index (χ1v) is 14.8. The number of hydrogen-bond acceptors (Lipinski definition) is 5. The molecule has 0 aliphatic rings. The number of amides is 2. The quantitative estimate of drug-likeness (QED) is 0.314. The van der Waals surface area contributed by atoms with Gasteiger partial charge in [0.1, 0.15) is 18.3 Å². The molecule has 3 rings (SSSR count). The summed E-state index contributed by atoms with van der Waals surface area (Å²) in [6, 6.07) is 21.0. The fraction of sp³-hybridized carbons (Fsp3) is 0.310. The fourth-order valence-corrected chi connectivity index (χ4v) is 5.75. The zero-order valence-electron chi connectivity index (χ0n) is 22.5. The van der Waals surface area contributed by atoms with Gasteiger partial charge in [-0.3, -0.25) is 13.9 Å². The molecule has 1 atom stereocenters. The van der Waals surface area contributed by atoms with E-state index in [0.29, 0.717) is 18.0 Å². The number of carbonyl (C=O) groups is 2. The number of methoxy groups -OCH3 is 1. The van der Waals surface area contributed by atoms with Crippen LogP contribution in [-0.2, 0) is 26.2 Å². The fourth-order valence-electron chi connectivity index (χ4n) is 3.86. The van der Waals surface area contributed by atoms with E-state index in [4.69, 9.17) is 4.74 Å². The van der Waals surface area contributed by atoms with Crippen molar-refractivity contribution >= 4 is 43.5 Å². The van der Waals surface area contributed by atoms with Gasteiger partial charge in [-0.25, -0.2) is 8.42 Å². The average molecular weight is 617 g/mol. The summed E-state index contributed by atoms with van der Waals surface area (Å²) >= 11 is 3.45. The highest BCUT2D eigenvalue weighted by molar-refractivity contribution is 9.10. The van der Waals surface area contributed by atoms with Crippen LogP contribution < -0.4 is 14.4 Å². The van der Waals surface area contributed by atoms with E-state index < -0.39 is 28.5 Å². The summed E-state index contributed by atoms with van der Waals surface area (Å²) in [5, 5.41) is 2.88. The lowest BCUT2D eigenvalue weighted by Gasteiger charge is -2.32. The van der Waals surface area contributed by atoms with Crippen molar-refractivity contribution < 1.29 is 22.7 Å². The molecule has 0 saturated heterocycles. The third-order valence-electron chi connectivity index (χ3n) is 6.06. The van der Waals surface area contributed by atoms with Gasteiger partial charge in [-0.15, -0.1) is 0 Å². The van der Waals surface area contributed by atoms with Crippen molar-refractivity contribution in [3.8, 4) is 5.75 Å². The number of anilines is 1. The highest BCUT2D eigenvalue weighted by Crippen LogP contribution is 2.26. The highest BCUT2D eigenvalue weighted by Gasteiger charge is 2.32. The van der Waals surface area contributed by atoms with Crippen molar-refractivity contribution in [2.45, 2.75) is 38.3 Å². The van der Waals surface area contributed by atoms with Crippen molar-refractivity contribution in [3.05, 3.63) is 88.9 Å². The second kappa shape index (κ2) is 13.6. The third-order valence-corrected chi connectivity index (χ3v) is 8.35. The number of benzene rings is 3. The van der Waals surface area contributed by atoms with Crippen molar-refractivity contribution in [1.82, 2.24) is 10.2 Å². The van der Waals surface area contributed by atoms with Gasteiger partial charge in [0.05, 0.1) is 17.7 Å². The molecule has 3 aromatic rings. The highest BCUT2D eigenvalue weighted by atomic mass is 79.9. The summed E-state index contributed by atoms with van der Waals surface area (Å²) in [6.45, 7) is 5.69. The largest absolute Gasteiger partial charge is 0.497 e. The first kappa shape index (κ1) is 30.2. The Morgan fingerprint density at radius 1 is 0.949 bits per heavy atom. The van der Waals surface area contributed by atoms with Gasteiger partial charge in [-0.05, 0) is 66.9 Å². The Hall–Kier alpha value is -3.37. The Morgan fingerprint density at radius 2 is 1.62 bits per heavy atom. The smallest absolute Gasteiger partial charge is 0.264 e. The maximum absolute atomic E-state index is 13.9. The molecule has 0 radical (unpaired) electrons. The van der Waals surface area contributed by atoms with Crippen molar-refractivity contribution in [2.75, 3.05) is 24.5 Å². The Morgan fingerprint density at radius 3 is 2.21 bits per heavy atom. The summed E-state index contributed by atoms with van der Waals surface area (Å²) in [4.78, 5) is 28.4. The maximum atomic E-state index is 13.9. The van der Waals surface area contributed by atoms with Gasteiger partial charge in [0.15, 0.2) is 0 Å². The molecular formula is C29H34BrN3O5S. The Labute approximate surface area is 239 Å². The first-order chi connectivity index (χ1) is 18.5. The van der Waals surface area contributed by atoms with Crippen LogP contribution >= 0.6 is 15.9 Å². The molecule has 0 bridgehead atoms. The van der Waals surface area contributed by atoms with Crippen LogP contribution in [0.15, 0.2) is 88.2 Å². The standard InChI is InChI=1S/C29H34BrN3O5S/c1-21(2)18-31-29(35)22(3)32(19-23-9-8-10-24(30)17-23)28(34)20-33(25-13-15-26(38-4)16-14-25)39(36,37)27-11-6-5-7-12-27/h5-17,21-22H,18-20H2,1-4H3,(H,31,35)/t22-/m1/s1. The molecule has 0 saturated carbocycles. The molecule has 0 aliphatic heterocycles. The number of halogens is 1. The number of nitrogens with one attached hydrogen (secondary N) is 1. The lowest BCUT2D eigenvalue weighted by molar-refractivity contribution is -0.139. The van der Waals surface area contributed by atoms with Gasteiger partial charge in [0.2, 0.25) is 11.8 Å². The lowest BCUT2D eigenvalue weighted by atomic mass is 10.1. The Kier molecular flexibility index (Phi) is 10.5. The van der Waals surface area contributed by atoms with Gasteiger partial charge < -0.3 is 15.0 Å². The second-order valence-electron chi connectivity index (χ2n) is 9.49. The van der Waals surface area contributed by atoms with E-state index in [-0.39, 0.29) is 23.3 Å². The molecule has 0 aliphatic carbocycles. The second-order valence-corrected chi connectivity index (χ2v) is 12.3. The molecule has 0 aromatic heterocycles. The van der Waals surface area contributed by atoms with Gasteiger partial charge in [0, 0.05) is 17.6 Å². The van der Waals surface area contributed by atoms with Gasteiger partial charge in [-0.1, -0.05) is 60.1 Å². The van der Waals surface area contributed by atoms with Gasteiger partial charge in [0.25, 0.3) is 10.0 Å². The van der Waals surface area contributed by atoms with E-state index in [0.717, 1.165) is 14.3 Å². The van der Waals surface area contributed by atoms with Crippen molar-refractivity contribution in [1.29, 1.82) is 0 Å². The summed E-state index contributed by atoms with van der Waals surface area (Å²) in [7, 11) is -2.60. The zero-order valence-corrected chi connectivity index (χ0v) is 24.9. The minimum Gasteiger partial charge on any atom is -0.497 e. The summed E-state index contributed by atoms with van der Waals surface area (Å²) in [5.74, 6) is -0.0442. The predicted molar refractivity (Wildman–Crippen MR) is 156 cm³/mol. The molecule has 208 valence electrons. The normalized spacial score (nSPS) is 12.1. The monoisotopic (exact) mass is 615 g/mol. The molecule has 3 aromatic carbocycles. The van der Waals surface area contributed by atoms with E-state index in [1.807, 2.05) is 38.1 Å². The van der Waals surface area contributed by atoms with Crippen LogP contribution in [0.25, 0.3) is 0 Å². The number of ether oxygens (including phenoxy) is 1. The number of hydrogen-bond donors (Lipinski definition) is 1.